The van der Waals surface area contributed by atoms with Gasteiger partial charge in [0, 0.05) is 37.5 Å². The number of methoxy groups -OCH3 is 1. The second-order valence-electron chi connectivity index (χ2n) is 7.61. The van der Waals surface area contributed by atoms with E-state index in [9.17, 15) is 9.18 Å². The summed E-state index contributed by atoms with van der Waals surface area (Å²) in [5, 5.41) is 0. The number of aromatic nitrogens is 2. The molecule has 1 aliphatic carbocycles. The minimum Gasteiger partial charge on any atom is -0.494 e. The average Bonchev–Trinajstić information content (AvgIpc) is 2.70. The Balaban J connectivity index is 1.52. The fraction of sp³-hybridized carbons (Fsp3) is 0.524. The Bertz CT molecular complexity index is 874. The molecule has 0 spiro atoms. The van der Waals surface area contributed by atoms with E-state index in [0.717, 1.165) is 42.9 Å². The summed E-state index contributed by atoms with van der Waals surface area (Å²) >= 11 is 0. The molecule has 27 heavy (non-hydrogen) atoms. The van der Waals surface area contributed by atoms with Gasteiger partial charge in [0.1, 0.15) is 5.82 Å². The molecule has 2 aromatic rings. The number of H-pyrrole nitrogens is 1. The highest BCUT2D eigenvalue weighted by Crippen LogP contribution is 2.31. The summed E-state index contributed by atoms with van der Waals surface area (Å²) < 4.78 is 19.5. The van der Waals surface area contributed by atoms with Crippen LogP contribution < -0.4 is 10.3 Å². The van der Waals surface area contributed by atoms with Crippen molar-refractivity contribution in [3.63, 3.8) is 0 Å². The first-order valence-corrected chi connectivity index (χ1v) is 9.81. The number of aromatic amines is 1. The number of rotatable bonds is 4. The Labute approximate surface area is 158 Å². The predicted octanol–water partition coefficient (Wildman–Crippen LogP) is 3.52. The third-order valence-electron chi connectivity index (χ3n) is 5.82. The second-order valence-corrected chi connectivity index (χ2v) is 7.61. The van der Waals surface area contributed by atoms with Crippen molar-refractivity contribution < 1.29 is 9.13 Å². The molecular weight excluding hydrogens is 345 g/mol. The van der Waals surface area contributed by atoms with Gasteiger partial charge in [0.05, 0.1) is 18.4 Å². The molecule has 1 fully saturated rings. The summed E-state index contributed by atoms with van der Waals surface area (Å²) in [4.78, 5) is 22.6. The Morgan fingerprint density at radius 2 is 2.11 bits per heavy atom. The van der Waals surface area contributed by atoms with E-state index in [1.165, 1.54) is 26.4 Å². The number of fused-ring (bicyclic) bond motifs is 1. The lowest BCUT2D eigenvalue weighted by atomic mass is 9.88. The molecule has 6 heteroatoms. The highest BCUT2D eigenvalue weighted by molar-refractivity contribution is 5.31. The first-order chi connectivity index (χ1) is 13.2. The van der Waals surface area contributed by atoms with Crippen molar-refractivity contribution in [2.75, 3.05) is 13.7 Å². The van der Waals surface area contributed by atoms with E-state index >= 15 is 0 Å². The second kappa shape index (κ2) is 7.80. The fourth-order valence-corrected chi connectivity index (χ4v) is 4.28. The lowest BCUT2D eigenvalue weighted by Gasteiger charge is -2.29. The molecule has 2 aliphatic rings. The van der Waals surface area contributed by atoms with E-state index in [4.69, 9.17) is 9.72 Å². The van der Waals surface area contributed by atoms with E-state index < -0.39 is 0 Å². The number of ether oxygens (including phenoxy) is 1. The zero-order valence-electron chi connectivity index (χ0n) is 15.8. The van der Waals surface area contributed by atoms with Gasteiger partial charge in [-0.1, -0.05) is 31.4 Å². The van der Waals surface area contributed by atoms with Crippen LogP contribution in [0.15, 0.2) is 23.0 Å². The summed E-state index contributed by atoms with van der Waals surface area (Å²) in [5.74, 6) is 1.18. The average molecular weight is 371 g/mol. The largest absolute Gasteiger partial charge is 0.494 e. The molecule has 0 amide bonds. The highest BCUT2D eigenvalue weighted by atomic mass is 19.1. The van der Waals surface area contributed by atoms with Crippen LogP contribution in [0.3, 0.4) is 0 Å². The molecule has 1 saturated carbocycles. The molecule has 0 radical (unpaired) electrons. The Kier molecular flexibility index (Phi) is 5.25. The Morgan fingerprint density at radius 1 is 1.30 bits per heavy atom. The van der Waals surface area contributed by atoms with Crippen LogP contribution in [0.2, 0.25) is 0 Å². The van der Waals surface area contributed by atoms with Gasteiger partial charge in [-0.25, -0.2) is 9.37 Å². The molecular formula is C21H26FN3O2. The standard InChI is InChI=1S/C21H26FN3O2/c1-27-18-9-5-8-15(19(18)22)12-25-11-10-17-16(13-25)21(26)24-20(23-17)14-6-3-2-4-7-14/h5,8-9,14H,2-4,6-7,10-13H2,1H3,(H,23,24,26). The van der Waals surface area contributed by atoms with Crippen LogP contribution in [0.1, 0.15) is 60.7 Å². The molecule has 1 N–H and O–H groups in total. The molecule has 1 aromatic heterocycles. The zero-order valence-corrected chi connectivity index (χ0v) is 15.8. The van der Waals surface area contributed by atoms with E-state index in [1.54, 1.807) is 18.2 Å². The maximum absolute atomic E-state index is 14.4. The summed E-state index contributed by atoms with van der Waals surface area (Å²) in [7, 11) is 1.47. The number of halogens is 1. The van der Waals surface area contributed by atoms with Crippen molar-refractivity contribution in [1.29, 1.82) is 0 Å². The molecule has 0 atom stereocenters. The number of nitrogens with one attached hydrogen (secondary N) is 1. The molecule has 0 saturated heterocycles. The Morgan fingerprint density at radius 3 is 2.89 bits per heavy atom. The van der Waals surface area contributed by atoms with Crippen molar-refractivity contribution in [2.45, 2.75) is 57.5 Å². The molecule has 1 aliphatic heterocycles. The monoisotopic (exact) mass is 371 g/mol. The van der Waals surface area contributed by atoms with Gasteiger partial charge in [0.25, 0.3) is 5.56 Å². The van der Waals surface area contributed by atoms with Gasteiger partial charge in [-0.05, 0) is 18.9 Å². The number of benzene rings is 1. The van der Waals surface area contributed by atoms with E-state index in [2.05, 4.69) is 9.88 Å². The molecule has 5 nitrogen and oxygen atoms in total. The molecule has 0 unspecified atom stereocenters. The van der Waals surface area contributed by atoms with Gasteiger partial charge in [-0.3, -0.25) is 9.69 Å². The lowest BCUT2D eigenvalue weighted by Crippen LogP contribution is -2.36. The summed E-state index contributed by atoms with van der Waals surface area (Å²) in [6, 6.07) is 5.17. The summed E-state index contributed by atoms with van der Waals surface area (Å²) in [6.07, 6.45) is 6.66. The topological polar surface area (TPSA) is 58.2 Å². The normalized spacial score (nSPS) is 18.3. The van der Waals surface area contributed by atoms with Crippen molar-refractivity contribution in [3.8, 4) is 5.75 Å². The molecule has 144 valence electrons. The van der Waals surface area contributed by atoms with Crippen molar-refractivity contribution in [2.24, 2.45) is 0 Å². The number of hydrogen-bond donors (Lipinski definition) is 1. The van der Waals surface area contributed by atoms with Gasteiger partial charge in [-0.2, -0.15) is 0 Å². The minimum absolute atomic E-state index is 0.0311. The maximum atomic E-state index is 14.4. The van der Waals surface area contributed by atoms with Crippen LogP contribution in [0.25, 0.3) is 0 Å². The molecule has 2 heterocycles. The lowest BCUT2D eigenvalue weighted by molar-refractivity contribution is 0.236. The summed E-state index contributed by atoms with van der Waals surface area (Å²) in [6.45, 7) is 1.72. The molecule has 1 aromatic carbocycles. The quantitative estimate of drug-likeness (QED) is 0.893. The smallest absolute Gasteiger partial charge is 0.255 e. The maximum Gasteiger partial charge on any atom is 0.255 e. The Hall–Kier alpha value is -2.21. The van der Waals surface area contributed by atoms with Crippen molar-refractivity contribution in [1.82, 2.24) is 14.9 Å². The number of nitrogens with zero attached hydrogens (tertiary/aromatic N) is 2. The molecule has 0 bridgehead atoms. The van der Waals surface area contributed by atoms with Gasteiger partial charge < -0.3 is 9.72 Å². The van der Waals surface area contributed by atoms with Crippen LogP contribution in [0.5, 0.6) is 5.75 Å². The van der Waals surface area contributed by atoms with Crippen LogP contribution in [0.4, 0.5) is 4.39 Å². The third kappa shape index (κ3) is 3.76. The predicted molar refractivity (Wildman–Crippen MR) is 101 cm³/mol. The van der Waals surface area contributed by atoms with Crippen LogP contribution in [0, 0.1) is 5.82 Å². The highest BCUT2D eigenvalue weighted by Gasteiger charge is 2.25. The fourth-order valence-electron chi connectivity index (χ4n) is 4.28. The van der Waals surface area contributed by atoms with E-state index in [-0.39, 0.29) is 17.1 Å². The van der Waals surface area contributed by atoms with Crippen LogP contribution in [-0.4, -0.2) is 28.5 Å². The van der Waals surface area contributed by atoms with Gasteiger partial charge >= 0.3 is 0 Å². The van der Waals surface area contributed by atoms with E-state index in [0.29, 0.717) is 24.6 Å². The first kappa shape index (κ1) is 18.2. The van der Waals surface area contributed by atoms with E-state index in [1.807, 2.05) is 0 Å². The van der Waals surface area contributed by atoms with Gasteiger partial charge in [0.2, 0.25) is 0 Å². The van der Waals surface area contributed by atoms with Gasteiger partial charge in [0.15, 0.2) is 11.6 Å². The van der Waals surface area contributed by atoms with Crippen molar-refractivity contribution in [3.05, 3.63) is 57.0 Å². The van der Waals surface area contributed by atoms with Crippen molar-refractivity contribution >= 4 is 0 Å². The number of hydrogen-bond acceptors (Lipinski definition) is 4. The third-order valence-corrected chi connectivity index (χ3v) is 5.82. The minimum atomic E-state index is -0.328. The SMILES string of the molecule is COc1cccc(CN2CCc3nc(C4CCCCC4)[nH]c(=O)c3C2)c1F. The molecule has 4 rings (SSSR count). The summed E-state index contributed by atoms with van der Waals surface area (Å²) in [5.41, 5.74) is 2.20. The van der Waals surface area contributed by atoms with Crippen LogP contribution in [-0.2, 0) is 19.5 Å². The first-order valence-electron chi connectivity index (χ1n) is 9.81. The van der Waals surface area contributed by atoms with Gasteiger partial charge in [-0.15, -0.1) is 0 Å². The zero-order chi connectivity index (χ0) is 18.8. The van der Waals surface area contributed by atoms with Crippen LogP contribution >= 0.6 is 0 Å².